The molecule has 2 saturated heterocycles. The normalized spacial score (nSPS) is 45.0. The molecule has 1 saturated carbocycles. The van der Waals surface area contributed by atoms with Gasteiger partial charge in [0, 0.05) is 24.7 Å². The van der Waals surface area contributed by atoms with E-state index in [1.807, 2.05) is 6.07 Å². The third-order valence-electron chi connectivity index (χ3n) is 8.08. The molecular formula is C21H27N2O2+. The van der Waals surface area contributed by atoms with Crippen LogP contribution in [0.25, 0.3) is 0 Å². The first-order valence-corrected chi connectivity index (χ1v) is 9.66. The lowest BCUT2D eigenvalue weighted by atomic mass is 9.55. The molecule has 3 aliphatic heterocycles. The second-order valence-corrected chi connectivity index (χ2v) is 8.46. The van der Waals surface area contributed by atoms with Crippen molar-refractivity contribution in [3.8, 4) is 5.75 Å². The zero-order valence-corrected chi connectivity index (χ0v) is 15.0. The number of phenolic OH excluding ortho intramolecular Hbond substituents is 1. The van der Waals surface area contributed by atoms with Gasteiger partial charge < -0.3 is 19.7 Å². The summed E-state index contributed by atoms with van der Waals surface area (Å²) in [6, 6.07) is 6.57. The number of nitrogens with one attached hydrogen (secondary N) is 1. The quantitative estimate of drug-likeness (QED) is 0.377. The van der Waals surface area contributed by atoms with Crippen LogP contribution < -0.4 is 5.32 Å². The number of carbonyl (C=O) groups excluding carboxylic acids is 1. The summed E-state index contributed by atoms with van der Waals surface area (Å²) >= 11 is 0. The number of hydrogen-bond acceptors (Lipinski definition) is 3. The van der Waals surface area contributed by atoms with Gasteiger partial charge in [-0.05, 0) is 31.1 Å². The Morgan fingerprint density at radius 2 is 2.28 bits per heavy atom. The molecule has 0 amide bonds. The van der Waals surface area contributed by atoms with Crippen LogP contribution in [-0.2, 0) is 10.2 Å². The average Bonchev–Trinajstić information content (AvgIpc) is 3.17. The van der Waals surface area contributed by atoms with Crippen molar-refractivity contribution in [3.05, 3.63) is 35.4 Å². The minimum Gasteiger partial charge on any atom is -0.506 e. The molecule has 1 aromatic carbocycles. The Morgan fingerprint density at radius 1 is 1.44 bits per heavy atom. The molecule has 2 N–H and O–H groups in total. The van der Waals surface area contributed by atoms with E-state index in [2.05, 4.69) is 31.3 Å². The summed E-state index contributed by atoms with van der Waals surface area (Å²) < 4.78 is 1.15. The number of phenols is 1. The lowest BCUT2D eigenvalue weighted by Gasteiger charge is -2.56. The molecule has 5 rings (SSSR count). The van der Waals surface area contributed by atoms with E-state index in [0.29, 0.717) is 17.7 Å². The maximum atomic E-state index is 12.2. The molecule has 1 aliphatic carbocycles. The smallest absolute Gasteiger partial charge is 0.138 e. The molecule has 2 bridgehead atoms. The van der Waals surface area contributed by atoms with Crippen molar-refractivity contribution in [1.82, 2.24) is 0 Å². The van der Waals surface area contributed by atoms with Crippen molar-refractivity contribution in [3.63, 3.8) is 0 Å². The second kappa shape index (κ2) is 4.88. The summed E-state index contributed by atoms with van der Waals surface area (Å²) in [5, 5.41) is 14.1. The van der Waals surface area contributed by atoms with Crippen molar-refractivity contribution in [2.75, 3.05) is 25.0 Å². The number of aromatic hydroxyl groups is 1. The minimum absolute atomic E-state index is 0.00796. The van der Waals surface area contributed by atoms with E-state index in [1.165, 1.54) is 24.0 Å². The van der Waals surface area contributed by atoms with Gasteiger partial charge in [-0.2, -0.15) is 0 Å². The van der Waals surface area contributed by atoms with Gasteiger partial charge in [0.25, 0.3) is 0 Å². The highest BCUT2D eigenvalue weighted by molar-refractivity contribution is 5.74. The standard InChI is InChI=1S/C21H26N2O2/c1-3-13-11-23(4-2)9-8-21-16-6-5-7-17(25)19(16)22-20(21)15(12-24)14(13)10-18(21)23/h3,5-7,12,14-15,18,20,22H,4,8-11H2,1-2H3/p+1/b13-3+/t14-,15-,18+,20-,21+,23-/m0/s1. The predicted octanol–water partition coefficient (Wildman–Crippen LogP) is 2.83. The second-order valence-electron chi connectivity index (χ2n) is 8.46. The molecule has 3 heterocycles. The van der Waals surface area contributed by atoms with Gasteiger partial charge in [-0.3, -0.25) is 0 Å². The van der Waals surface area contributed by atoms with E-state index in [-0.39, 0.29) is 17.4 Å². The van der Waals surface area contributed by atoms with Crippen LogP contribution in [0.2, 0.25) is 0 Å². The number of quaternary nitrogens is 1. The Kier molecular flexibility index (Phi) is 3.01. The SMILES string of the molecule is C/C=C1\C[N@+]2(CC)CC[C@]34c5cccc(O)c5N[C@H]3[C@@H](C=O)[C@H]1C[C@H]42. The molecule has 1 aromatic rings. The van der Waals surface area contributed by atoms with Crippen molar-refractivity contribution < 1.29 is 14.4 Å². The van der Waals surface area contributed by atoms with Gasteiger partial charge in [-0.15, -0.1) is 0 Å². The summed E-state index contributed by atoms with van der Waals surface area (Å²) in [4.78, 5) is 12.2. The third-order valence-corrected chi connectivity index (χ3v) is 8.08. The molecule has 1 spiro atoms. The lowest BCUT2D eigenvalue weighted by Crippen LogP contribution is -2.68. The highest BCUT2D eigenvalue weighted by Crippen LogP contribution is 2.64. The van der Waals surface area contributed by atoms with Gasteiger partial charge >= 0.3 is 0 Å². The molecule has 3 fully saturated rings. The van der Waals surface area contributed by atoms with Crippen molar-refractivity contribution in [2.24, 2.45) is 11.8 Å². The topological polar surface area (TPSA) is 49.3 Å². The number of allylic oxidation sites excluding steroid dienone is 1. The van der Waals surface area contributed by atoms with Crippen LogP contribution in [0.4, 0.5) is 5.69 Å². The number of nitrogens with zero attached hydrogens (tertiary/aromatic N) is 1. The first-order valence-electron chi connectivity index (χ1n) is 9.66. The van der Waals surface area contributed by atoms with Crippen LogP contribution in [0.3, 0.4) is 0 Å². The number of hydrogen-bond donors (Lipinski definition) is 2. The molecule has 0 aromatic heterocycles. The molecule has 132 valence electrons. The van der Waals surface area contributed by atoms with Gasteiger partial charge in [0.2, 0.25) is 0 Å². The average molecular weight is 339 g/mol. The fraction of sp³-hybridized carbons (Fsp3) is 0.571. The van der Waals surface area contributed by atoms with Crippen LogP contribution in [0, 0.1) is 11.8 Å². The van der Waals surface area contributed by atoms with Crippen LogP contribution in [0.1, 0.15) is 32.3 Å². The summed E-state index contributed by atoms with van der Waals surface area (Å²) in [6.45, 7) is 7.85. The van der Waals surface area contributed by atoms with Crippen LogP contribution in [-0.4, -0.2) is 47.6 Å². The molecule has 0 radical (unpaired) electrons. The zero-order valence-electron chi connectivity index (χ0n) is 15.0. The highest BCUT2D eigenvalue weighted by Gasteiger charge is 2.71. The number of rotatable bonds is 2. The van der Waals surface area contributed by atoms with E-state index in [1.54, 1.807) is 6.07 Å². The lowest BCUT2D eigenvalue weighted by molar-refractivity contribution is -0.941. The highest BCUT2D eigenvalue weighted by atomic mass is 16.3. The Balaban J connectivity index is 1.76. The minimum atomic E-state index is -0.00850. The largest absolute Gasteiger partial charge is 0.506 e. The summed E-state index contributed by atoms with van der Waals surface area (Å²) in [7, 11) is 0. The van der Waals surface area contributed by atoms with Crippen LogP contribution >= 0.6 is 0 Å². The number of likely N-dealkylation sites (N-methyl/N-ethyl adjacent to an activating group) is 1. The Labute approximate surface area is 149 Å². The van der Waals surface area contributed by atoms with Gasteiger partial charge in [-0.25, -0.2) is 0 Å². The molecule has 0 unspecified atom stereocenters. The maximum Gasteiger partial charge on any atom is 0.138 e. The van der Waals surface area contributed by atoms with E-state index < -0.39 is 0 Å². The number of piperidine rings is 1. The molecular weight excluding hydrogens is 312 g/mol. The van der Waals surface area contributed by atoms with Crippen molar-refractivity contribution in [1.29, 1.82) is 0 Å². The van der Waals surface area contributed by atoms with Gasteiger partial charge in [-0.1, -0.05) is 18.2 Å². The van der Waals surface area contributed by atoms with Crippen molar-refractivity contribution in [2.45, 2.75) is 44.2 Å². The zero-order chi connectivity index (χ0) is 17.4. The van der Waals surface area contributed by atoms with E-state index in [4.69, 9.17) is 0 Å². The third kappa shape index (κ3) is 1.60. The van der Waals surface area contributed by atoms with Crippen LogP contribution in [0.15, 0.2) is 29.8 Å². The maximum absolute atomic E-state index is 12.2. The number of fused-ring (bicyclic) bond motifs is 2. The van der Waals surface area contributed by atoms with E-state index in [9.17, 15) is 9.90 Å². The Hall–Kier alpha value is -1.81. The molecule has 4 heteroatoms. The Morgan fingerprint density at radius 3 is 3.00 bits per heavy atom. The first kappa shape index (κ1) is 15.4. The molecule has 6 atom stereocenters. The number of para-hydroxylation sites is 1. The predicted molar refractivity (Wildman–Crippen MR) is 97.6 cm³/mol. The monoisotopic (exact) mass is 339 g/mol. The van der Waals surface area contributed by atoms with Crippen molar-refractivity contribution >= 4 is 12.0 Å². The number of benzene rings is 1. The van der Waals surface area contributed by atoms with E-state index >= 15 is 0 Å². The van der Waals surface area contributed by atoms with Gasteiger partial charge in [0.1, 0.15) is 24.6 Å². The Bertz CT molecular complexity index is 788. The molecule has 4 aliphatic rings. The number of aldehydes is 1. The summed E-state index contributed by atoms with van der Waals surface area (Å²) in [5.74, 6) is 0.671. The van der Waals surface area contributed by atoms with E-state index in [0.717, 1.165) is 36.1 Å². The summed E-state index contributed by atoms with van der Waals surface area (Å²) in [5.41, 5.74) is 3.59. The molecule has 25 heavy (non-hydrogen) atoms. The van der Waals surface area contributed by atoms with Crippen LogP contribution in [0.5, 0.6) is 5.75 Å². The molecule has 4 nitrogen and oxygen atoms in total. The van der Waals surface area contributed by atoms with Gasteiger partial charge in [0.05, 0.1) is 30.2 Å². The first-order chi connectivity index (χ1) is 12.1. The fourth-order valence-corrected chi connectivity index (χ4v) is 6.97. The van der Waals surface area contributed by atoms with Gasteiger partial charge in [0.15, 0.2) is 0 Å². The fourth-order valence-electron chi connectivity index (χ4n) is 6.97. The number of anilines is 1. The number of carbonyl (C=O) groups is 1. The summed E-state index contributed by atoms with van der Waals surface area (Å²) in [6.07, 6.45) is 5.66.